The molecule has 1 amide bonds. The summed E-state index contributed by atoms with van der Waals surface area (Å²) in [4.78, 5) is 13.1. The van der Waals surface area contributed by atoms with Gasteiger partial charge < -0.3 is 14.5 Å². The van der Waals surface area contributed by atoms with E-state index in [0.29, 0.717) is 37.9 Å². The largest absolute Gasteiger partial charge is 0.464 e. The third-order valence-electron chi connectivity index (χ3n) is 6.11. The number of hydrogen-bond donors (Lipinski definition) is 1. The maximum absolute atomic E-state index is 13.0. The van der Waals surface area contributed by atoms with E-state index in [1.165, 1.54) is 15.9 Å². The van der Waals surface area contributed by atoms with Gasteiger partial charge in [-0.1, -0.05) is 19.9 Å². The number of ether oxygens (including phenoxy) is 1. The van der Waals surface area contributed by atoms with E-state index in [2.05, 4.69) is 32.2 Å². The monoisotopic (exact) mass is 470 g/mol. The first kappa shape index (κ1) is 23.5. The fourth-order valence-electron chi connectivity index (χ4n) is 4.20. The highest BCUT2D eigenvalue weighted by atomic mass is 32.2. The van der Waals surface area contributed by atoms with Gasteiger partial charge in [0.25, 0.3) is 0 Å². The van der Waals surface area contributed by atoms with Crippen molar-refractivity contribution in [3.63, 3.8) is 0 Å². The first-order chi connectivity index (χ1) is 15.7. The lowest BCUT2D eigenvalue weighted by Gasteiger charge is -2.26. The van der Waals surface area contributed by atoms with E-state index < -0.39 is 10.0 Å². The van der Waals surface area contributed by atoms with Gasteiger partial charge in [-0.05, 0) is 60.7 Å². The van der Waals surface area contributed by atoms with E-state index in [1.54, 1.807) is 18.4 Å². The summed E-state index contributed by atoms with van der Waals surface area (Å²) in [5, 5.41) is 3.82. The van der Waals surface area contributed by atoms with Crippen molar-refractivity contribution in [3.05, 3.63) is 58.8 Å². The molecular weight excluding hydrogens is 440 g/mol. The maximum Gasteiger partial charge on any atom is 0.243 e. The van der Waals surface area contributed by atoms with Crippen molar-refractivity contribution in [3.8, 4) is 0 Å². The molecule has 0 unspecified atom stereocenters. The molecule has 2 heterocycles. The molecule has 1 aromatic heterocycles. The Morgan fingerprint density at radius 3 is 2.52 bits per heavy atom. The third kappa shape index (κ3) is 4.83. The number of benzene rings is 2. The van der Waals surface area contributed by atoms with Crippen molar-refractivity contribution >= 4 is 32.6 Å². The van der Waals surface area contributed by atoms with Crippen LogP contribution >= 0.6 is 0 Å². The molecule has 8 heteroatoms. The number of rotatable bonds is 6. The summed E-state index contributed by atoms with van der Waals surface area (Å²) in [5.41, 5.74) is 5.23. The predicted octanol–water partition coefficient (Wildman–Crippen LogP) is 4.38. The number of fused-ring (bicyclic) bond motifs is 1. The quantitative estimate of drug-likeness (QED) is 0.578. The van der Waals surface area contributed by atoms with E-state index in [9.17, 15) is 13.2 Å². The van der Waals surface area contributed by atoms with Crippen LogP contribution in [-0.2, 0) is 26.0 Å². The lowest BCUT2D eigenvalue weighted by molar-refractivity contribution is -0.115. The van der Waals surface area contributed by atoms with E-state index in [4.69, 9.17) is 9.15 Å². The Morgan fingerprint density at radius 1 is 1.09 bits per heavy atom. The number of carbonyl (C=O) groups is 1. The van der Waals surface area contributed by atoms with Gasteiger partial charge in [0.2, 0.25) is 15.9 Å². The highest BCUT2D eigenvalue weighted by molar-refractivity contribution is 7.89. The molecule has 176 valence electrons. The number of aryl methyl sites for hydroxylation is 2. The van der Waals surface area contributed by atoms with Crippen LogP contribution in [0.15, 0.2) is 45.9 Å². The molecule has 33 heavy (non-hydrogen) atoms. The van der Waals surface area contributed by atoms with Gasteiger partial charge in [-0.25, -0.2) is 8.42 Å². The fraction of sp³-hybridized carbons (Fsp3) is 0.400. The number of amides is 1. The molecule has 0 saturated carbocycles. The smallest absolute Gasteiger partial charge is 0.243 e. The van der Waals surface area contributed by atoms with Gasteiger partial charge in [0.05, 0.1) is 30.8 Å². The van der Waals surface area contributed by atoms with Gasteiger partial charge in [0, 0.05) is 29.7 Å². The van der Waals surface area contributed by atoms with Crippen molar-refractivity contribution < 1.29 is 22.4 Å². The summed E-state index contributed by atoms with van der Waals surface area (Å²) >= 11 is 0. The Labute approximate surface area is 194 Å². The second kappa shape index (κ2) is 9.29. The molecule has 7 nitrogen and oxygen atoms in total. The lowest BCUT2D eigenvalue weighted by atomic mass is 9.95. The molecule has 4 rings (SSSR count). The second-order valence-corrected chi connectivity index (χ2v) is 10.8. The number of hydrogen-bond acceptors (Lipinski definition) is 5. The van der Waals surface area contributed by atoms with Crippen LogP contribution < -0.4 is 5.32 Å². The topological polar surface area (TPSA) is 88.9 Å². The number of morpholine rings is 1. The molecule has 0 spiro atoms. The molecule has 1 saturated heterocycles. The van der Waals surface area contributed by atoms with Crippen LogP contribution in [-0.4, -0.2) is 44.9 Å². The molecule has 1 fully saturated rings. The zero-order valence-corrected chi connectivity index (χ0v) is 20.3. The molecule has 0 radical (unpaired) electrons. The summed E-state index contributed by atoms with van der Waals surface area (Å²) in [6, 6.07) is 8.94. The SMILES string of the molecule is Cc1ccc(S(=O)(=O)N2CCOCC2)cc1NC(=O)Cc1coc2cc(C)c(C(C)C)cc12. The number of nitrogens with zero attached hydrogens (tertiary/aromatic N) is 1. The summed E-state index contributed by atoms with van der Waals surface area (Å²) in [6.45, 7) is 9.59. The number of furan rings is 1. The van der Waals surface area contributed by atoms with E-state index in [0.717, 1.165) is 27.7 Å². The van der Waals surface area contributed by atoms with Crippen molar-refractivity contribution in [1.29, 1.82) is 0 Å². The standard InChI is InChI=1S/C25H30N2O5S/c1-16(2)21-14-22-19(15-32-24(22)11-18(21)4)12-25(28)26-23-13-20(6-5-17(23)3)33(29,30)27-7-9-31-10-8-27/h5-6,11,13-16H,7-10,12H2,1-4H3,(H,26,28). The van der Waals surface area contributed by atoms with Crippen LogP contribution in [0.3, 0.4) is 0 Å². The molecule has 0 bridgehead atoms. The van der Waals surface area contributed by atoms with Crippen LogP contribution in [0, 0.1) is 13.8 Å². The highest BCUT2D eigenvalue weighted by Gasteiger charge is 2.27. The Balaban J connectivity index is 1.56. The number of sulfonamides is 1. The summed E-state index contributed by atoms with van der Waals surface area (Å²) < 4.78 is 38.4. The van der Waals surface area contributed by atoms with Gasteiger partial charge in [-0.2, -0.15) is 4.31 Å². The normalized spacial score (nSPS) is 15.3. The molecule has 1 aliphatic heterocycles. The summed E-state index contributed by atoms with van der Waals surface area (Å²) in [6.07, 6.45) is 1.76. The minimum absolute atomic E-state index is 0.132. The van der Waals surface area contributed by atoms with Crippen LogP contribution in [0.2, 0.25) is 0 Å². The molecule has 0 aliphatic carbocycles. The Hall–Kier alpha value is -2.68. The van der Waals surface area contributed by atoms with E-state index >= 15 is 0 Å². The fourth-order valence-corrected chi connectivity index (χ4v) is 5.64. The van der Waals surface area contributed by atoms with Crippen LogP contribution in [0.1, 0.15) is 42.0 Å². The number of anilines is 1. The van der Waals surface area contributed by atoms with Crippen LogP contribution in [0.25, 0.3) is 11.0 Å². The number of nitrogens with one attached hydrogen (secondary N) is 1. The first-order valence-electron chi connectivity index (χ1n) is 11.2. The molecule has 1 aliphatic rings. The minimum atomic E-state index is -3.65. The van der Waals surface area contributed by atoms with Gasteiger partial charge in [-0.3, -0.25) is 4.79 Å². The van der Waals surface area contributed by atoms with Gasteiger partial charge in [0.15, 0.2) is 0 Å². The zero-order chi connectivity index (χ0) is 23.8. The molecule has 1 N–H and O–H groups in total. The van der Waals surface area contributed by atoms with E-state index in [1.807, 2.05) is 13.0 Å². The van der Waals surface area contributed by atoms with Gasteiger partial charge >= 0.3 is 0 Å². The summed E-state index contributed by atoms with van der Waals surface area (Å²) in [5.74, 6) is 0.137. The average molecular weight is 471 g/mol. The lowest BCUT2D eigenvalue weighted by Crippen LogP contribution is -2.40. The minimum Gasteiger partial charge on any atom is -0.464 e. The van der Waals surface area contributed by atoms with Crippen molar-refractivity contribution in [1.82, 2.24) is 4.31 Å². The zero-order valence-electron chi connectivity index (χ0n) is 19.5. The predicted molar refractivity (Wildman–Crippen MR) is 128 cm³/mol. The Kier molecular flexibility index (Phi) is 6.61. The molecule has 2 aromatic carbocycles. The van der Waals surface area contributed by atoms with Crippen molar-refractivity contribution in [2.75, 3.05) is 31.6 Å². The van der Waals surface area contributed by atoms with Gasteiger partial charge in [-0.15, -0.1) is 0 Å². The Morgan fingerprint density at radius 2 is 1.82 bits per heavy atom. The molecule has 3 aromatic rings. The highest BCUT2D eigenvalue weighted by Crippen LogP contribution is 2.30. The van der Waals surface area contributed by atoms with Crippen molar-refractivity contribution in [2.45, 2.75) is 44.9 Å². The van der Waals surface area contributed by atoms with E-state index in [-0.39, 0.29) is 17.2 Å². The third-order valence-corrected chi connectivity index (χ3v) is 8.00. The number of carbonyl (C=O) groups excluding carboxylic acids is 1. The van der Waals surface area contributed by atoms with Crippen LogP contribution in [0.5, 0.6) is 0 Å². The van der Waals surface area contributed by atoms with Gasteiger partial charge in [0.1, 0.15) is 5.58 Å². The van der Waals surface area contributed by atoms with Crippen molar-refractivity contribution in [2.24, 2.45) is 0 Å². The molecular formula is C25H30N2O5S. The second-order valence-electron chi connectivity index (χ2n) is 8.84. The Bertz CT molecular complexity index is 1290. The summed E-state index contributed by atoms with van der Waals surface area (Å²) in [7, 11) is -3.65. The molecule has 0 atom stereocenters. The average Bonchev–Trinajstić information content (AvgIpc) is 3.16. The maximum atomic E-state index is 13.0. The first-order valence-corrected chi connectivity index (χ1v) is 12.6. The van der Waals surface area contributed by atoms with Crippen LogP contribution in [0.4, 0.5) is 5.69 Å².